The van der Waals surface area contributed by atoms with Gasteiger partial charge in [-0.15, -0.1) is 0 Å². The van der Waals surface area contributed by atoms with Crippen LogP contribution in [-0.2, 0) is 0 Å². The van der Waals surface area contributed by atoms with E-state index >= 15 is 4.39 Å². The summed E-state index contributed by atoms with van der Waals surface area (Å²) in [5.74, 6) is -0.528. The summed E-state index contributed by atoms with van der Waals surface area (Å²) in [6.07, 6.45) is 5.45. The van der Waals surface area contributed by atoms with Crippen LogP contribution in [0.4, 0.5) is 10.1 Å². The molecule has 0 aliphatic carbocycles. The molecule has 3 aromatic rings. The maximum absolute atomic E-state index is 15.1. The number of rotatable bonds is 6. The Hall–Kier alpha value is -3.20. The largest absolute Gasteiger partial charge is 0.396 e. The second-order valence-corrected chi connectivity index (χ2v) is 10.9. The van der Waals surface area contributed by atoms with E-state index in [1.165, 1.54) is 11.8 Å². The fraction of sp³-hybridized carbons (Fsp3) is 0.345. The quantitative estimate of drug-likeness (QED) is 0.392. The maximum Gasteiger partial charge on any atom is 0.278 e. The molecule has 0 saturated carbocycles. The lowest BCUT2D eigenvalue weighted by Crippen LogP contribution is -2.34. The highest BCUT2D eigenvalue weighted by Crippen LogP contribution is 2.31. The number of aromatic nitrogens is 2. The molecule has 1 saturated heterocycles. The molecule has 39 heavy (non-hydrogen) atoms. The molecular formula is C29H32Cl2FN5O2. The molecule has 1 amide bonds. The second-order valence-electron chi connectivity index (χ2n) is 10.2. The van der Waals surface area contributed by atoms with E-state index in [2.05, 4.69) is 22.0 Å². The van der Waals surface area contributed by atoms with Crippen molar-refractivity contribution in [2.45, 2.75) is 32.6 Å². The first-order chi connectivity index (χ1) is 18.5. The predicted octanol–water partition coefficient (Wildman–Crippen LogP) is 5.55. The summed E-state index contributed by atoms with van der Waals surface area (Å²) in [4.78, 5) is 33.3. The molecule has 1 aliphatic heterocycles. The van der Waals surface area contributed by atoms with Gasteiger partial charge >= 0.3 is 0 Å². The number of carbonyl (C=O) groups excluding carboxylic acids is 1. The summed E-state index contributed by atoms with van der Waals surface area (Å²) < 4.78 is 16.0. The zero-order chi connectivity index (χ0) is 28.4. The van der Waals surface area contributed by atoms with Crippen molar-refractivity contribution in [2.75, 3.05) is 39.5 Å². The lowest BCUT2D eigenvalue weighted by atomic mass is 9.88. The highest BCUT2D eigenvalue weighted by Gasteiger charge is 2.23. The van der Waals surface area contributed by atoms with Gasteiger partial charge in [-0.25, -0.2) is 4.57 Å². The number of nitrogens with two attached hydrogens (primary N) is 1. The second kappa shape index (κ2) is 11.9. The van der Waals surface area contributed by atoms with Gasteiger partial charge in [0.25, 0.3) is 11.5 Å². The monoisotopic (exact) mass is 571 g/mol. The third-order valence-corrected chi connectivity index (χ3v) is 7.86. The fourth-order valence-corrected chi connectivity index (χ4v) is 5.39. The molecule has 1 fully saturated rings. The van der Waals surface area contributed by atoms with Gasteiger partial charge < -0.3 is 10.6 Å². The summed E-state index contributed by atoms with van der Waals surface area (Å²) in [5, 5.41) is -0.730. The number of carbonyl (C=O) groups is 1. The Kier molecular flexibility index (Phi) is 8.79. The van der Waals surface area contributed by atoms with Gasteiger partial charge in [0, 0.05) is 43.7 Å². The summed E-state index contributed by atoms with van der Waals surface area (Å²) >= 11 is 12.1. The number of nitrogen functional groups attached to an aromatic ring is 1. The maximum atomic E-state index is 15.1. The zero-order valence-corrected chi connectivity index (χ0v) is 24.0. The molecule has 0 unspecified atom stereocenters. The topological polar surface area (TPSA) is 84.5 Å². The van der Waals surface area contributed by atoms with E-state index in [0.717, 1.165) is 42.6 Å². The number of benzene rings is 1. The summed E-state index contributed by atoms with van der Waals surface area (Å²) in [6, 6.07) is 9.49. The van der Waals surface area contributed by atoms with Crippen LogP contribution in [0.3, 0.4) is 0 Å². The van der Waals surface area contributed by atoms with Crippen molar-refractivity contribution in [3.05, 3.63) is 90.8 Å². The smallest absolute Gasteiger partial charge is 0.278 e. The van der Waals surface area contributed by atoms with Crippen molar-refractivity contribution in [3.63, 3.8) is 0 Å². The highest BCUT2D eigenvalue weighted by atomic mass is 35.5. The van der Waals surface area contributed by atoms with Gasteiger partial charge in [0.2, 0.25) is 5.95 Å². The van der Waals surface area contributed by atoms with E-state index in [9.17, 15) is 9.59 Å². The zero-order valence-electron chi connectivity index (χ0n) is 22.5. The predicted molar refractivity (Wildman–Crippen MR) is 155 cm³/mol. The van der Waals surface area contributed by atoms with Gasteiger partial charge in [0.15, 0.2) is 0 Å². The first-order valence-electron chi connectivity index (χ1n) is 12.7. The number of anilines is 1. The van der Waals surface area contributed by atoms with Gasteiger partial charge in [-0.2, -0.15) is 4.39 Å². The molecule has 1 aromatic carbocycles. The number of nitrogens with zero attached hydrogens (tertiary/aromatic N) is 4. The molecule has 4 rings (SSSR count). The lowest BCUT2D eigenvalue weighted by Gasteiger charge is -2.32. The molecule has 2 aromatic heterocycles. The summed E-state index contributed by atoms with van der Waals surface area (Å²) in [6.45, 7) is 6.37. The number of hydrogen-bond acceptors (Lipinski definition) is 5. The minimum absolute atomic E-state index is 0.000783. The molecule has 206 valence electrons. The Morgan fingerprint density at radius 2 is 1.79 bits per heavy atom. The average Bonchev–Trinajstić information content (AvgIpc) is 2.92. The molecule has 0 radical (unpaired) electrons. The van der Waals surface area contributed by atoms with Crippen LogP contribution in [0.25, 0.3) is 11.8 Å². The summed E-state index contributed by atoms with van der Waals surface area (Å²) in [7, 11) is 3.50. The van der Waals surface area contributed by atoms with Gasteiger partial charge in [0.05, 0.1) is 11.4 Å². The third kappa shape index (κ3) is 6.03. The Morgan fingerprint density at radius 1 is 1.15 bits per heavy atom. The molecule has 0 spiro atoms. The van der Waals surface area contributed by atoms with E-state index in [-0.39, 0.29) is 16.6 Å². The molecule has 2 N–H and O–H groups in total. The van der Waals surface area contributed by atoms with Crippen molar-refractivity contribution >= 4 is 40.9 Å². The van der Waals surface area contributed by atoms with E-state index in [1.54, 1.807) is 32.0 Å². The standard InChI is InChI=1S/C29H32Cl2FN5O2/c1-17(16-36-13-10-20(11-14-36)19-5-7-21(8-6-19)28(38)35(3)4)15-22-18(2)34-12-9-23(22)37-27(32)24(30)26(33)25(31)29(37)39/h5-9,12,15,20H,10-11,13-14,16,33H2,1-4H3/b17-15+. The van der Waals surface area contributed by atoms with E-state index < -0.39 is 16.5 Å². The van der Waals surface area contributed by atoms with Crippen molar-refractivity contribution in [2.24, 2.45) is 0 Å². The van der Waals surface area contributed by atoms with Crippen molar-refractivity contribution in [1.29, 1.82) is 0 Å². The molecule has 0 atom stereocenters. The first-order valence-corrected chi connectivity index (χ1v) is 13.5. The SMILES string of the molecule is C/C(=C\c1c(-n2c(F)c(Cl)c(N)c(Cl)c2=O)ccnc1C)CN1CCC(c2ccc(C(=O)N(C)C)cc2)CC1. The van der Waals surface area contributed by atoms with Crippen molar-refractivity contribution in [3.8, 4) is 5.69 Å². The Morgan fingerprint density at radius 3 is 2.41 bits per heavy atom. The normalized spacial score (nSPS) is 15.0. The Labute approximate surface area is 237 Å². The minimum atomic E-state index is -0.970. The average molecular weight is 573 g/mol. The van der Waals surface area contributed by atoms with Crippen molar-refractivity contribution < 1.29 is 9.18 Å². The van der Waals surface area contributed by atoms with Crippen LogP contribution in [0.15, 0.2) is 46.9 Å². The lowest BCUT2D eigenvalue weighted by molar-refractivity contribution is 0.0827. The van der Waals surface area contributed by atoms with Crippen molar-refractivity contribution in [1.82, 2.24) is 19.4 Å². The molecule has 3 heterocycles. The number of halogens is 3. The molecule has 0 bridgehead atoms. The van der Waals surface area contributed by atoms with E-state index in [0.29, 0.717) is 28.4 Å². The van der Waals surface area contributed by atoms with Crippen LogP contribution >= 0.6 is 23.2 Å². The van der Waals surface area contributed by atoms with Gasteiger partial charge in [-0.3, -0.25) is 19.5 Å². The van der Waals surface area contributed by atoms with Gasteiger partial charge in [0.1, 0.15) is 10.0 Å². The summed E-state index contributed by atoms with van der Waals surface area (Å²) in [5.41, 5.74) is 9.16. The Bertz CT molecular complexity index is 1480. The number of pyridine rings is 2. The van der Waals surface area contributed by atoms with Crippen LogP contribution in [0.2, 0.25) is 10.0 Å². The van der Waals surface area contributed by atoms with E-state index in [4.69, 9.17) is 28.9 Å². The van der Waals surface area contributed by atoms with Crippen LogP contribution in [0, 0.1) is 12.9 Å². The van der Waals surface area contributed by atoms with E-state index in [1.807, 2.05) is 25.1 Å². The number of likely N-dealkylation sites (tertiary alicyclic amines) is 1. The van der Waals surface area contributed by atoms with Gasteiger partial charge in [-0.05, 0) is 69.5 Å². The van der Waals surface area contributed by atoms with Crippen LogP contribution < -0.4 is 11.3 Å². The fourth-order valence-electron chi connectivity index (χ4n) is 4.99. The number of amides is 1. The third-order valence-electron chi connectivity index (χ3n) is 7.14. The number of piperidine rings is 1. The highest BCUT2D eigenvalue weighted by molar-refractivity contribution is 6.38. The molecule has 10 heteroatoms. The number of aryl methyl sites for hydroxylation is 1. The molecular weight excluding hydrogens is 540 g/mol. The van der Waals surface area contributed by atoms with Crippen LogP contribution in [0.5, 0.6) is 0 Å². The molecule has 7 nitrogen and oxygen atoms in total. The number of hydrogen-bond donors (Lipinski definition) is 1. The van der Waals surface area contributed by atoms with Crippen LogP contribution in [0.1, 0.15) is 52.9 Å². The Balaban J connectivity index is 1.50. The minimum Gasteiger partial charge on any atom is -0.396 e. The molecule has 1 aliphatic rings. The van der Waals surface area contributed by atoms with Crippen LogP contribution in [-0.4, -0.2) is 59.0 Å². The first kappa shape index (κ1) is 28.8. The van der Waals surface area contributed by atoms with Gasteiger partial charge in [-0.1, -0.05) is 47.0 Å².